The summed E-state index contributed by atoms with van der Waals surface area (Å²) in [6.07, 6.45) is 0. The summed E-state index contributed by atoms with van der Waals surface area (Å²) in [6.45, 7) is 4.26. The first-order chi connectivity index (χ1) is 14.4. The van der Waals surface area contributed by atoms with E-state index in [0.29, 0.717) is 34.3 Å². The van der Waals surface area contributed by atoms with E-state index >= 15 is 0 Å². The highest BCUT2D eigenvalue weighted by Gasteiger charge is 2.26. The SMILES string of the molecule is Cc1ccc(C(=O)Nc2ccc3c(c2)N(Cc2ccccc2Cl)C(=O)CO3)cc1C. The fourth-order valence-corrected chi connectivity index (χ4v) is 3.53. The van der Waals surface area contributed by atoms with E-state index in [2.05, 4.69) is 5.32 Å². The molecule has 2 amide bonds. The van der Waals surface area contributed by atoms with Crippen LogP contribution in [0.2, 0.25) is 5.02 Å². The molecule has 0 fully saturated rings. The first-order valence-corrected chi connectivity index (χ1v) is 9.99. The lowest BCUT2D eigenvalue weighted by Crippen LogP contribution is -2.38. The number of rotatable bonds is 4. The summed E-state index contributed by atoms with van der Waals surface area (Å²) >= 11 is 6.28. The van der Waals surface area contributed by atoms with Crippen LogP contribution < -0.4 is 15.0 Å². The summed E-state index contributed by atoms with van der Waals surface area (Å²) < 4.78 is 5.57. The zero-order chi connectivity index (χ0) is 21.3. The molecule has 152 valence electrons. The fourth-order valence-electron chi connectivity index (χ4n) is 3.34. The van der Waals surface area contributed by atoms with E-state index in [1.54, 1.807) is 35.2 Å². The number of halogens is 1. The van der Waals surface area contributed by atoms with Gasteiger partial charge in [-0.15, -0.1) is 0 Å². The molecule has 1 N–H and O–H groups in total. The molecule has 5 nitrogen and oxygen atoms in total. The number of nitrogens with one attached hydrogen (secondary N) is 1. The molecule has 3 aromatic rings. The zero-order valence-electron chi connectivity index (χ0n) is 16.7. The van der Waals surface area contributed by atoms with Crippen LogP contribution in [0.1, 0.15) is 27.0 Å². The van der Waals surface area contributed by atoms with Gasteiger partial charge >= 0.3 is 0 Å². The van der Waals surface area contributed by atoms with Gasteiger partial charge in [0.1, 0.15) is 5.75 Å². The molecule has 0 spiro atoms. The maximum atomic E-state index is 12.7. The number of anilines is 2. The molecule has 0 radical (unpaired) electrons. The number of amides is 2. The minimum atomic E-state index is -0.209. The van der Waals surface area contributed by atoms with Crippen LogP contribution in [-0.2, 0) is 11.3 Å². The Labute approximate surface area is 180 Å². The van der Waals surface area contributed by atoms with Gasteiger partial charge in [0.15, 0.2) is 6.61 Å². The number of hydrogen-bond donors (Lipinski definition) is 1. The standard InChI is InChI=1S/C24H21ClN2O3/c1-15-7-8-17(11-16(15)2)24(29)26-19-9-10-22-21(12-19)27(23(28)14-30-22)13-18-5-3-4-6-20(18)25/h3-12H,13-14H2,1-2H3,(H,26,29). The van der Waals surface area contributed by atoms with Gasteiger partial charge in [0.2, 0.25) is 0 Å². The van der Waals surface area contributed by atoms with Crippen molar-refractivity contribution in [3.05, 3.63) is 87.9 Å². The maximum absolute atomic E-state index is 12.7. The Kier molecular flexibility index (Phi) is 5.46. The molecular weight excluding hydrogens is 400 g/mol. The molecule has 0 aromatic heterocycles. The Bertz CT molecular complexity index is 1140. The predicted molar refractivity (Wildman–Crippen MR) is 118 cm³/mol. The van der Waals surface area contributed by atoms with Crippen molar-refractivity contribution in [3.8, 4) is 5.75 Å². The molecule has 0 unspecified atom stereocenters. The lowest BCUT2D eigenvalue weighted by atomic mass is 10.1. The molecule has 0 atom stereocenters. The highest BCUT2D eigenvalue weighted by atomic mass is 35.5. The second-order valence-corrected chi connectivity index (χ2v) is 7.70. The van der Waals surface area contributed by atoms with Crippen LogP contribution in [0.5, 0.6) is 5.75 Å². The van der Waals surface area contributed by atoms with E-state index < -0.39 is 0 Å². The predicted octanol–water partition coefficient (Wildman–Crippen LogP) is 5.13. The number of carbonyl (C=O) groups is 2. The van der Waals surface area contributed by atoms with Gasteiger partial charge in [0.05, 0.1) is 12.2 Å². The Morgan fingerprint density at radius 2 is 1.87 bits per heavy atom. The highest BCUT2D eigenvalue weighted by molar-refractivity contribution is 6.31. The summed E-state index contributed by atoms with van der Waals surface area (Å²) in [5.74, 6) is 0.213. The van der Waals surface area contributed by atoms with Crippen molar-refractivity contribution in [2.24, 2.45) is 0 Å². The molecule has 0 aliphatic carbocycles. The Morgan fingerprint density at radius 3 is 2.63 bits per heavy atom. The van der Waals surface area contributed by atoms with Gasteiger partial charge in [-0.25, -0.2) is 0 Å². The molecule has 3 aromatic carbocycles. The topological polar surface area (TPSA) is 58.6 Å². The molecule has 4 rings (SSSR count). The minimum absolute atomic E-state index is 0.0359. The summed E-state index contributed by atoms with van der Waals surface area (Å²) in [5, 5.41) is 3.50. The summed E-state index contributed by atoms with van der Waals surface area (Å²) in [6, 6.07) is 18.3. The molecule has 1 aliphatic rings. The van der Waals surface area contributed by atoms with Gasteiger partial charge < -0.3 is 15.0 Å². The van der Waals surface area contributed by atoms with E-state index in [1.165, 1.54) is 0 Å². The summed E-state index contributed by atoms with van der Waals surface area (Å²) in [7, 11) is 0. The van der Waals surface area contributed by atoms with Crippen molar-refractivity contribution >= 4 is 34.8 Å². The number of ether oxygens (including phenoxy) is 1. The van der Waals surface area contributed by atoms with Crippen LogP contribution in [0.3, 0.4) is 0 Å². The lowest BCUT2D eigenvalue weighted by molar-refractivity contribution is -0.121. The normalized spacial score (nSPS) is 12.9. The van der Waals surface area contributed by atoms with Crippen LogP contribution in [0, 0.1) is 13.8 Å². The largest absolute Gasteiger partial charge is 0.482 e. The van der Waals surface area contributed by atoms with Crippen molar-refractivity contribution in [2.75, 3.05) is 16.8 Å². The first kappa shape index (κ1) is 20.0. The first-order valence-electron chi connectivity index (χ1n) is 9.61. The fraction of sp³-hybridized carbons (Fsp3) is 0.167. The third-order valence-corrected chi connectivity index (χ3v) is 5.58. The van der Waals surface area contributed by atoms with Gasteiger partial charge in [-0.2, -0.15) is 0 Å². The number of benzene rings is 3. The second-order valence-electron chi connectivity index (χ2n) is 7.30. The van der Waals surface area contributed by atoms with Crippen molar-refractivity contribution in [1.29, 1.82) is 0 Å². The van der Waals surface area contributed by atoms with Crippen LogP contribution in [0.4, 0.5) is 11.4 Å². The molecule has 6 heteroatoms. The number of fused-ring (bicyclic) bond motifs is 1. The third-order valence-electron chi connectivity index (χ3n) is 5.22. The number of aryl methyl sites for hydroxylation is 2. The molecular formula is C24H21ClN2O3. The Balaban J connectivity index is 1.61. The molecule has 30 heavy (non-hydrogen) atoms. The molecule has 0 saturated carbocycles. The van der Waals surface area contributed by atoms with Crippen molar-refractivity contribution in [1.82, 2.24) is 0 Å². The van der Waals surface area contributed by atoms with E-state index in [0.717, 1.165) is 16.7 Å². The summed E-state index contributed by atoms with van der Waals surface area (Å²) in [4.78, 5) is 26.9. The second kappa shape index (κ2) is 8.20. The van der Waals surface area contributed by atoms with E-state index in [4.69, 9.17) is 16.3 Å². The number of hydrogen-bond acceptors (Lipinski definition) is 3. The van der Waals surface area contributed by atoms with Gasteiger partial charge in [0, 0.05) is 16.3 Å². The van der Waals surface area contributed by atoms with E-state index in [1.807, 2.05) is 44.2 Å². The molecule has 1 aliphatic heterocycles. The number of carbonyl (C=O) groups excluding carboxylic acids is 2. The summed E-state index contributed by atoms with van der Waals surface area (Å²) in [5.41, 5.74) is 4.79. The van der Waals surface area contributed by atoms with Crippen LogP contribution in [-0.4, -0.2) is 18.4 Å². The van der Waals surface area contributed by atoms with Crippen LogP contribution >= 0.6 is 11.6 Å². The molecule has 0 bridgehead atoms. The Hall–Kier alpha value is -3.31. The lowest BCUT2D eigenvalue weighted by Gasteiger charge is -2.30. The van der Waals surface area contributed by atoms with Crippen molar-refractivity contribution < 1.29 is 14.3 Å². The quantitative estimate of drug-likeness (QED) is 0.636. The maximum Gasteiger partial charge on any atom is 0.265 e. The average Bonchev–Trinajstić information content (AvgIpc) is 2.73. The van der Waals surface area contributed by atoms with E-state index in [-0.39, 0.29) is 18.4 Å². The van der Waals surface area contributed by atoms with Crippen LogP contribution in [0.25, 0.3) is 0 Å². The minimum Gasteiger partial charge on any atom is -0.482 e. The third kappa shape index (κ3) is 4.02. The van der Waals surface area contributed by atoms with E-state index in [9.17, 15) is 9.59 Å². The van der Waals surface area contributed by atoms with Crippen molar-refractivity contribution in [3.63, 3.8) is 0 Å². The molecule has 0 saturated heterocycles. The highest BCUT2D eigenvalue weighted by Crippen LogP contribution is 2.36. The van der Waals surface area contributed by atoms with Crippen molar-refractivity contribution in [2.45, 2.75) is 20.4 Å². The zero-order valence-corrected chi connectivity index (χ0v) is 17.5. The van der Waals surface area contributed by atoms with Gasteiger partial charge in [-0.3, -0.25) is 9.59 Å². The van der Waals surface area contributed by atoms with Crippen LogP contribution in [0.15, 0.2) is 60.7 Å². The average molecular weight is 421 g/mol. The van der Waals surface area contributed by atoms with Gasteiger partial charge in [-0.1, -0.05) is 35.9 Å². The monoisotopic (exact) mass is 420 g/mol. The smallest absolute Gasteiger partial charge is 0.265 e. The van der Waals surface area contributed by atoms with Gasteiger partial charge in [-0.05, 0) is 66.9 Å². The molecule has 1 heterocycles. The Morgan fingerprint density at radius 1 is 1.07 bits per heavy atom. The van der Waals surface area contributed by atoms with Gasteiger partial charge in [0.25, 0.3) is 11.8 Å². The number of nitrogens with zero attached hydrogens (tertiary/aromatic N) is 1.